The molecule has 0 atom stereocenters. The third kappa shape index (κ3) is 3.39. The summed E-state index contributed by atoms with van der Waals surface area (Å²) in [6.07, 6.45) is 1.55. The van der Waals surface area contributed by atoms with Crippen molar-refractivity contribution in [2.75, 3.05) is 5.32 Å². The number of hydrogen-bond acceptors (Lipinski definition) is 2. The average Bonchev–Trinajstić information content (AvgIpc) is 2.33. The second-order valence-electron chi connectivity index (χ2n) is 3.91. The molecular formula is C13H9Br2FN2O. The van der Waals surface area contributed by atoms with Gasteiger partial charge in [-0.05, 0) is 68.6 Å². The molecular weight excluding hydrogens is 379 g/mol. The van der Waals surface area contributed by atoms with Crippen LogP contribution in [0.15, 0.2) is 39.5 Å². The van der Waals surface area contributed by atoms with Gasteiger partial charge in [-0.15, -0.1) is 0 Å². The number of carbonyl (C=O) groups excluding carboxylic acids is 1. The Bertz CT molecular complexity index is 647. The largest absolute Gasteiger partial charge is 0.321 e. The molecule has 0 unspecified atom stereocenters. The second-order valence-corrected chi connectivity index (χ2v) is 5.52. The molecule has 2 rings (SSSR count). The number of pyridine rings is 1. The molecule has 2 aromatic rings. The SMILES string of the molecule is Cc1cc(NC(=O)c2ccc(F)cc2Br)cnc1Br. The lowest BCUT2D eigenvalue weighted by molar-refractivity contribution is 0.102. The van der Waals surface area contributed by atoms with Crippen LogP contribution in [0.3, 0.4) is 0 Å². The van der Waals surface area contributed by atoms with Crippen LogP contribution in [0, 0.1) is 12.7 Å². The Morgan fingerprint density at radius 2 is 2.05 bits per heavy atom. The van der Waals surface area contributed by atoms with Gasteiger partial charge in [-0.2, -0.15) is 0 Å². The van der Waals surface area contributed by atoms with E-state index in [0.29, 0.717) is 15.7 Å². The minimum atomic E-state index is -0.399. The number of amides is 1. The van der Waals surface area contributed by atoms with Crippen molar-refractivity contribution in [3.8, 4) is 0 Å². The number of nitrogens with one attached hydrogen (secondary N) is 1. The van der Waals surface area contributed by atoms with Crippen LogP contribution in [0.2, 0.25) is 0 Å². The molecule has 0 aliphatic heterocycles. The van der Waals surface area contributed by atoms with Crippen LogP contribution in [0.5, 0.6) is 0 Å². The van der Waals surface area contributed by atoms with Crippen molar-refractivity contribution in [3.05, 3.63) is 56.5 Å². The summed E-state index contributed by atoms with van der Waals surface area (Å²) in [4.78, 5) is 16.1. The zero-order valence-corrected chi connectivity index (χ0v) is 13.0. The van der Waals surface area contributed by atoms with Crippen LogP contribution >= 0.6 is 31.9 Å². The molecule has 1 aromatic carbocycles. The van der Waals surface area contributed by atoms with Gasteiger partial charge in [-0.1, -0.05) is 0 Å². The maximum absolute atomic E-state index is 13.0. The Morgan fingerprint density at radius 1 is 1.32 bits per heavy atom. The van der Waals surface area contributed by atoms with Gasteiger partial charge in [0.05, 0.1) is 17.4 Å². The zero-order valence-electron chi connectivity index (χ0n) is 9.88. The summed E-state index contributed by atoms with van der Waals surface area (Å²) in [6.45, 7) is 1.88. The summed E-state index contributed by atoms with van der Waals surface area (Å²) < 4.78 is 14.1. The van der Waals surface area contributed by atoms with Gasteiger partial charge >= 0.3 is 0 Å². The maximum atomic E-state index is 13.0. The Hall–Kier alpha value is -1.27. The van der Waals surface area contributed by atoms with E-state index in [1.54, 1.807) is 12.3 Å². The minimum absolute atomic E-state index is 0.324. The van der Waals surface area contributed by atoms with E-state index in [4.69, 9.17) is 0 Å². The molecule has 0 fully saturated rings. The molecule has 19 heavy (non-hydrogen) atoms. The van der Waals surface area contributed by atoms with E-state index in [1.165, 1.54) is 18.2 Å². The molecule has 1 heterocycles. The van der Waals surface area contributed by atoms with Crippen LogP contribution in [-0.4, -0.2) is 10.9 Å². The summed E-state index contributed by atoms with van der Waals surface area (Å²) in [5.74, 6) is -0.722. The fourth-order valence-electron chi connectivity index (χ4n) is 1.50. The van der Waals surface area contributed by atoms with E-state index in [0.717, 1.165) is 10.2 Å². The van der Waals surface area contributed by atoms with Crippen LogP contribution < -0.4 is 5.32 Å². The summed E-state index contributed by atoms with van der Waals surface area (Å²) in [6, 6.07) is 5.71. The number of aryl methyl sites for hydroxylation is 1. The van der Waals surface area contributed by atoms with Gasteiger partial charge in [-0.3, -0.25) is 4.79 Å². The maximum Gasteiger partial charge on any atom is 0.256 e. The first kappa shape index (κ1) is 14.1. The first-order valence-electron chi connectivity index (χ1n) is 5.36. The molecule has 6 heteroatoms. The lowest BCUT2D eigenvalue weighted by Crippen LogP contribution is -2.13. The highest BCUT2D eigenvalue weighted by Crippen LogP contribution is 2.21. The Balaban J connectivity index is 2.23. The lowest BCUT2D eigenvalue weighted by atomic mass is 10.2. The van der Waals surface area contributed by atoms with Crippen molar-refractivity contribution in [1.29, 1.82) is 0 Å². The molecule has 0 saturated carbocycles. The smallest absolute Gasteiger partial charge is 0.256 e. The second kappa shape index (κ2) is 5.79. The van der Waals surface area contributed by atoms with E-state index in [9.17, 15) is 9.18 Å². The van der Waals surface area contributed by atoms with Crippen LogP contribution in [-0.2, 0) is 0 Å². The topological polar surface area (TPSA) is 42.0 Å². The summed E-state index contributed by atoms with van der Waals surface area (Å²) >= 11 is 6.45. The van der Waals surface area contributed by atoms with Gasteiger partial charge in [0.1, 0.15) is 10.4 Å². The highest BCUT2D eigenvalue weighted by Gasteiger charge is 2.11. The van der Waals surface area contributed by atoms with Crippen molar-refractivity contribution in [3.63, 3.8) is 0 Å². The van der Waals surface area contributed by atoms with Gasteiger partial charge in [-0.25, -0.2) is 9.37 Å². The summed E-state index contributed by atoms with van der Waals surface area (Å²) in [7, 11) is 0. The number of benzene rings is 1. The van der Waals surface area contributed by atoms with Crippen molar-refractivity contribution >= 4 is 43.5 Å². The predicted molar refractivity (Wildman–Crippen MR) is 78.7 cm³/mol. The molecule has 0 aliphatic carbocycles. The van der Waals surface area contributed by atoms with E-state index >= 15 is 0 Å². The minimum Gasteiger partial charge on any atom is -0.321 e. The van der Waals surface area contributed by atoms with Crippen LogP contribution in [0.4, 0.5) is 10.1 Å². The molecule has 0 aliphatic rings. The fraction of sp³-hybridized carbons (Fsp3) is 0.0769. The van der Waals surface area contributed by atoms with Crippen molar-refractivity contribution < 1.29 is 9.18 Å². The molecule has 98 valence electrons. The van der Waals surface area contributed by atoms with Gasteiger partial charge in [0.2, 0.25) is 0 Å². The Morgan fingerprint density at radius 3 is 2.68 bits per heavy atom. The van der Waals surface area contributed by atoms with Gasteiger partial charge < -0.3 is 5.32 Å². The Kier molecular flexibility index (Phi) is 4.31. The van der Waals surface area contributed by atoms with Gasteiger partial charge in [0, 0.05) is 4.47 Å². The molecule has 1 aromatic heterocycles. The standard InChI is InChI=1S/C13H9Br2FN2O/c1-7-4-9(6-17-12(7)15)18-13(19)10-3-2-8(16)5-11(10)14/h2-6H,1H3,(H,18,19). The zero-order chi connectivity index (χ0) is 14.0. The molecule has 1 amide bonds. The normalized spacial score (nSPS) is 10.3. The molecule has 0 bridgehead atoms. The van der Waals surface area contributed by atoms with E-state index < -0.39 is 5.82 Å². The number of aromatic nitrogens is 1. The molecule has 3 nitrogen and oxygen atoms in total. The van der Waals surface area contributed by atoms with Crippen LogP contribution in [0.1, 0.15) is 15.9 Å². The highest BCUT2D eigenvalue weighted by molar-refractivity contribution is 9.10. The third-order valence-corrected chi connectivity index (χ3v) is 3.93. The molecule has 0 radical (unpaired) electrons. The van der Waals surface area contributed by atoms with E-state index in [1.807, 2.05) is 6.92 Å². The van der Waals surface area contributed by atoms with Crippen molar-refractivity contribution in [2.45, 2.75) is 6.92 Å². The van der Waals surface area contributed by atoms with Gasteiger partial charge in [0.25, 0.3) is 5.91 Å². The summed E-state index contributed by atoms with van der Waals surface area (Å²) in [5.41, 5.74) is 1.86. The van der Waals surface area contributed by atoms with Crippen LogP contribution in [0.25, 0.3) is 0 Å². The Labute approximate surface area is 126 Å². The van der Waals surface area contributed by atoms with Crippen molar-refractivity contribution in [2.24, 2.45) is 0 Å². The third-order valence-electron chi connectivity index (χ3n) is 2.45. The number of carbonyl (C=O) groups is 1. The van der Waals surface area contributed by atoms with Crippen molar-refractivity contribution in [1.82, 2.24) is 4.98 Å². The monoisotopic (exact) mass is 386 g/mol. The average molecular weight is 388 g/mol. The van der Waals surface area contributed by atoms with Gasteiger partial charge in [0.15, 0.2) is 0 Å². The quantitative estimate of drug-likeness (QED) is 0.780. The lowest BCUT2D eigenvalue weighted by Gasteiger charge is -2.08. The molecule has 0 saturated heterocycles. The number of anilines is 1. The number of nitrogens with zero attached hydrogens (tertiary/aromatic N) is 1. The first-order chi connectivity index (χ1) is 8.97. The fourth-order valence-corrected chi connectivity index (χ4v) is 2.25. The number of halogens is 3. The van der Waals surface area contributed by atoms with E-state index in [2.05, 4.69) is 42.2 Å². The predicted octanol–water partition coefficient (Wildman–Crippen LogP) is 4.31. The first-order valence-corrected chi connectivity index (χ1v) is 6.94. The summed E-state index contributed by atoms with van der Waals surface area (Å²) in [5, 5.41) is 2.71. The number of rotatable bonds is 2. The number of hydrogen-bond donors (Lipinski definition) is 1. The van der Waals surface area contributed by atoms with E-state index in [-0.39, 0.29) is 5.91 Å². The molecule has 0 spiro atoms. The molecule has 1 N–H and O–H groups in total. The highest BCUT2D eigenvalue weighted by atomic mass is 79.9.